The molecular formula is C29H42N2S. The molecule has 2 rings (SSSR count). The van der Waals surface area contributed by atoms with E-state index in [1.807, 2.05) is 0 Å². The van der Waals surface area contributed by atoms with Gasteiger partial charge in [0.1, 0.15) is 5.01 Å². The summed E-state index contributed by atoms with van der Waals surface area (Å²) in [5.74, 6) is 0.553. The normalized spacial score (nSPS) is 12.7. The van der Waals surface area contributed by atoms with E-state index in [1.54, 1.807) is 11.3 Å². The van der Waals surface area contributed by atoms with Gasteiger partial charge in [-0.25, -0.2) is 4.98 Å². The predicted octanol–water partition coefficient (Wildman–Crippen LogP) is 8.96. The summed E-state index contributed by atoms with van der Waals surface area (Å²) in [6, 6.07) is 8.97. The highest BCUT2D eigenvalue weighted by Crippen LogP contribution is 2.32. The van der Waals surface area contributed by atoms with Crippen molar-refractivity contribution in [2.45, 2.75) is 86.6 Å². The van der Waals surface area contributed by atoms with Crippen molar-refractivity contribution in [3.63, 3.8) is 0 Å². The van der Waals surface area contributed by atoms with E-state index in [-0.39, 0.29) is 0 Å². The molecule has 32 heavy (non-hydrogen) atoms. The first-order chi connectivity index (χ1) is 15.3. The topological polar surface area (TPSA) is 24.9 Å². The van der Waals surface area contributed by atoms with E-state index >= 15 is 0 Å². The zero-order valence-electron chi connectivity index (χ0n) is 21.2. The molecule has 0 amide bonds. The maximum atomic E-state index is 5.06. The molecule has 1 N–H and O–H groups in total. The summed E-state index contributed by atoms with van der Waals surface area (Å²) in [7, 11) is 0. The third-order valence-electron chi connectivity index (χ3n) is 5.80. The molecule has 0 fully saturated rings. The monoisotopic (exact) mass is 450 g/mol. The molecule has 0 aliphatic heterocycles. The van der Waals surface area contributed by atoms with E-state index in [0.717, 1.165) is 29.2 Å². The predicted molar refractivity (Wildman–Crippen MR) is 144 cm³/mol. The molecule has 1 unspecified atom stereocenters. The zero-order valence-corrected chi connectivity index (χ0v) is 22.0. The highest BCUT2D eigenvalue weighted by atomic mass is 32.1. The Balaban J connectivity index is 2.38. The number of benzene rings is 1. The van der Waals surface area contributed by atoms with Gasteiger partial charge in [0.25, 0.3) is 0 Å². The minimum Gasteiger partial charge on any atom is -0.382 e. The maximum Gasteiger partial charge on any atom is 0.124 e. The van der Waals surface area contributed by atoms with Crippen molar-refractivity contribution in [1.82, 2.24) is 10.3 Å². The molecule has 0 radical (unpaired) electrons. The lowest BCUT2D eigenvalue weighted by Gasteiger charge is -2.22. The number of unbranched alkanes of at least 4 members (excludes halogenated alkanes) is 1. The Morgan fingerprint density at radius 3 is 2.50 bits per heavy atom. The summed E-state index contributed by atoms with van der Waals surface area (Å²) in [5.41, 5.74) is 8.39. The lowest BCUT2D eigenvalue weighted by Crippen LogP contribution is -2.28. The molecule has 174 valence electrons. The van der Waals surface area contributed by atoms with Crippen LogP contribution in [-0.2, 0) is 0 Å². The standard InChI is InChI=1S/C29H42N2S/c1-9-11-15-25(10-2)30-23(8)27(21(5)6)18-24(17-20(3)4)28-19-32-29(31-28)26-16-13-12-14-22(26)7/h12-14,16,18-20,25,30H,8-11,15,17H2,1-7H3/b24-18+. The van der Waals surface area contributed by atoms with Crippen LogP contribution in [0.5, 0.6) is 0 Å². The zero-order chi connectivity index (χ0) is 23.7. The Morgan fingerprint density at radius 1 is 1.19 bits per heavy atom. The molecule has 1 atom stereocenters. The van der Waals surface area contributed by atoms with Gasteiger partial charge in [-0.15, -0.1) is 11.3 Å². The second-order valence-corrected chi connectivity index (χ2v) is 10.3. The Hall–Kier alpha value is -2.13. The average Bonchev–Trinajstić information content (AvgIpc) is 3.23. The van der Waals surface area contributed by atoms with Crippen molar-refractivity contribution >= 4 is 16.9 Å². The molecule has 1 heterocycles. The summed E-state index contributed by atoms with van der Waals surface area (Å²) in [5, 5.41) is 7.02. The third-order valence-corrected chi connectivity index (χ3v) is 6.67. The van der Waals surface area contributed by atoms with Crippen LogP contribution in [0.25, 0.3) is 16.1 Å². The third kappa shape index (κ3) is 7.48. The minimum absolute atomic E-state index is 0.477. The van der Waals surface area contributed by atoms with E-state index in [9.17, 15) is 0 Å². The van der Waals surface area contributed by atoms with Crippen molar-refractivity contribution in [2.75, 3.05) is 0 Å². The number of nitrogens with zero attached hydrogens (tertiary/aromatic N) is 1. The molecular weight excluding hydrogens is 408 g/mol. The molecule has 2 aromatic rings. The SMILES string of the molecule is C=C(NC(CC)CCCC)C(/C=C(\CC(C)C)c1csc(-c2ccccc2C)n1)=C(C)C. The fraction of sp³-hybridized carbons (Fsp3) is 0.483. The Labute approximate surface area is 200 Å². The van der Waals surface area contributed by atoms with Gasteiger partial charge >= 0.3 is 0 Å². The maximum absolute atomic E-state index is 5.06. The van der Waals surface area contributed by atoms with Crippen molar-refractivity contribution in [2.24, 2.45) is 5.92 Å². The first-order valence-corrected chi connectivity index (χ1v) is 13.0. The van der Waals surface area contributed by atoms with Gasteiger partial charge in [-0.1, -0.05) is 77.0 Å². The smallest absolute Gasteiger partial charge is 0.124 e. The summed E-state index contributed by atoms with van der Waals surface area (Å²) >= 11 is 1.73. The van der Waals surface area contributed by atoms with Gasteiger partial charge in [-0.3, -0.25) is 0 Å². The summed E-state index contributed by atoms with van der Waals surface area (Å²) in [4.78, 5) is 5.06. The number of hydrogen-bond donors (Lipinski definition) is 1. The molecule has 1 aromatic heterocycles. The van der Waals surface area contributed by atoms with Crippen LogP contribution < -0.4 is 5.32 Å². The van der Waals surface area contributed by atoms with Gasteiger partial charge in [0.05, 0.1) is 5.69 Å². The Kier molecular flexibility index (Phi) is 10.4. The number of thiazole rings is 1. The van der Waals surface area contributed by atoms with Crippen LogP contribution >= 0.6 is 11.3 Å². The van der Waals surface area contributed by atoms with Crippen LogP contribution in [0, 0.1) is 12.8 Å². The quantitative estimate of drug-likeness (QED) is 0.326. The second kappa shape index (κ2) is 12.8. The lowest BCUT2D eigenvalue weighted by molar-refractivity contribution is 0.494. The number of aryl methyl sites for hydroxylation is 1. The van der Waals surface area contributed by atoms with E-state index in [2.05, 4.69) is 96.1 Å². The van der Waals surface area contributed by atoms with Crippen LogP contribution in [-0.4, -0.2) is 11.0 Å². The summed E-state index contributed by atoms with van der Waals surface area (Å²) in [6.07, 6.45) is 8.10. The molecule has 1 aromatic carbocycles. The first kappa shape index (κ1) is 26.1. The minimum atomic E-state index is 0.477. The van der Waals surface area contributed by atoms with Gasteiger partial charge in [-0.2, -0.15) is 0 Å². The molecule has 0 aliphatic carbocycles. The molecule has 0 aliphatic rings. The number of nitrogens with one attached hydrogen (secondary N) is 1. The van der Waals surface area contributed by atoms with Crippen LogP contribution in [0.3, 0.4) is 0 Å². The summed E-state index contributed by atoms with van der Waals surface area (Å²) in [6.45, 7) is 20.0. The number of aromatic nitrogens is 1. The number of hydrogen-bond acceptors (Lipinski definition) is 3. The van der Waals surface area contributed by atoms with E-state index < -0.39 is 0 Å². The Morgan fingerprint density at radius 2 is 1.91 bits per heavy atom. The van der Waals surface area contributed by atoms with Gasteiger partial charge in [0.2, 0.25) is 0 Å². The molecule has 0 saturated heterocycles. The van der Waals surface area contributed by atoms with Crippen LogP contribution in [0.4, 0.5) is 0 Å². The van der Waals surface area contributed by atoms with Crippen LogP contribution in [0.15, 0.2) is 59.1 Å². The lowest BCUT2D eigenvalue weighted by atomic mass is 9.95. The number of allylic oxidation sites excluding steroid dienone is 3. The molecule has 0 bridgehead atoms. The molecule has 2 nitrogen and oxygen atoms in total. The van der Waals surface area contributed by atoms with E-state index in [1.165, 1.54) is 47.1 Å². The second-order valence-electron chi connectivity index (χ2n) is 9.40. The van der Waals surface area contributed by atoms with Crippen molar-refractivity contribution in [1.29, 1.82) is 0 Å². The van der Waals surface area contributed by atoms with Crippen molar-refractivity contribution < 1.29 is 0 Å². The van der Waals surface area contributed by atoms with Gasteiger partial charge in [0, 0.05) is 22.7 Å². The largest absolute Gasteiger partial charge is 0.382 e. The molecule has 0 saturated carbocycles. The van der Waals surface area contributed by atoms with Crippen molar-refractivity contribution in [3.8, 4) is 10.6 Å². The Bertz CT molecular complexity index is 942. The van der Waals surface area contributed by atoms with E-state index in [0.29, 0.717) is 12.0 Å². The van der Waals surface area contributed by atoms with E-state index in [4.69, 9.17) is 4.98 Å². The average molecular weight is 451 g/mol. The van der Waals surface area contributed by atoms with Gasteiger partial charge in [0.15, 0.2) is 0 Å². The molecule has 0 spiro atoms. The first-order valence-electron chi connectivity index (χ1n) is 12.1. The fourth-order valence-corrected chi connectivity index (χ4v) is 4.83. The number of rotatable bonds is 12. The highest BCUT2D eigenvalue weighted by Gasteiger charge is 2.15. The molecule has 3 heteroatoms. The van der Waals surface area contributed by atoms with Crippen molar-refractivity contribution in [3.05, 3.63) is 70.4 Å². The fourth-order valence-electron chi connectivity index (χ4n) is 3.90. The van der Waals surface area contributed by atoms with Crippen LogP contribution in [0.1, 0.15) is 84.9 Å². The summed E-state index contributed by atoms with van der Waals surface area (Å²) < 4.78 is 0. The highest BCUT2D eigenvalue weighted by molar-refractivity contribution is 7.13. The van der Waals surface area contributed by atoms with Gasteiger partial charge < -0.3 is 5.32 Å². The van der Waals surface area contributed by atoms with Gasteiger partial charge in [-0.05, 0) is 68.7 Å². The van der Waals surface area contributed by atoms with Crippen LogP contribution in [0.2, 0.25) is 0 Å².